The molecule has 0 aliphatic carbocycles. The number of nitrogens with zero attached hydrogens (tertiary/aromatic N) is 1. The number of rotatable bonds is 3. The van der Waals surface area contributed by atoms with E-state index in [0.29, 0.717) is 0 Å². The first-order chi connectivity index (χ1) is 5.91. The molecule has 76 valence electrons. The van der Waals surface area contributed by atoms with Crippen molar-refractivity contribution in [1.29, 1.82) is 0 Å². The lowest BCUT2D eigenvalue weighted by Gasteiger charge is -2.18. The van der Waals surface area contributed by atoms with E-state index in [4.69, 9.17) is 5.73 Å². The molecule has 0 unspecified atom stereocenters. The van der Waals surface area contributed by atoms with Gasteiger partial charge in [-0.2, -0.15) is 0 Å². The Hall–Kier alpha value is -0.920. The van der Waals surface area contributed by atoms with Gasteiger partial charge in [-0.3, -0.25) is 0 Å². The van der Waals surface area contributed by atoms with Crippen LogP contribution in [0.15, 0.2) is 22.5 Å². The van der Waals surface area contributed by atoms with E-state index in [1.54, 1.807) is 0 Å². The van der Waals surface area contributed by atoms with Gasteiger partial charge >= 0.3 is 0 Å². The van der Waals surface area contributed by atoms with Crippen molar-refractivity contribution in [2.45, 2.75) is 34.1 Å². The molecule has 0 radical (unpaired) electrons. The third kappa shape index (κ3) is 3.13. The van der Waals surface area contributed by atoms with Gasteiger partial charge in [0.15, 0.2) is 0 Å². The molecule has 0 atom stereocenters. The van der Waals surface area contributed by atoms with Crippen LogP contribution in [0.2, 0.25) is 0 Å². The zero-order chi connectivity index (χ0) is 10.6. The van der Waals surface area contributed by atoms with Crippen LogP contribution in [0.25, 0.3) is 0 Å². The molecule has 0 heterocycles. The van der Waals surface area contributed by atoms with Crippen LogP contribution in [-0.2, 0) is 0 Å². The molecule has 13 heavy (non-hydrogen) atoms. The maximum atomic E-state index is 6.01. The van der Waals surface area contributed by atoms with Crippen molar-refractivity contribution in [2.24, 2.45) is 5.73 Å². The van der Waals surface area contributed by atoms with Crippen LogP contribution in [-0.4, -0.2) is 19.0 Å². The summed E-state index contributed by atoms with van der Waals surface area (Å²) in [6.45, 7) is 8.37. The Bertz CT molecular complexity index is 234. The monoisotopic (exact) mass is 182 g/mol. The first kappa shape index (κ1) is 12.1. The first-order valence-corrected chi connectivity index (χ1v) is 4.72. The van der Waals surface area contributed by atoms with E-state index in [0.717, 1.165) is 12.1 Å². The molecule has 0 aromatic rings. The predicted molar refractivity (Wildman–Crippen MR) is 59.2 cm³/mol. The van der Waals surface area contributed by atoms with E-state index in [2.05, 4.69) is 32.6 Å². The Labute approximate surface area is 82.1 Å². The van der Waals surface area contributed by atoms with Crippen LogP contribution in [0, 0.1) is 0 Å². The molecular weight excluding hydrogens is 160 g/mol. The summed E-state index contributed by atoms with van der Waals surface area (Å²) in [5.41, 5.74) is 10.6. The third-order valence-corrected chi connectivity index (χ3v) is 2.61. The van der Waals surface area contributed by atoms with Gasteiger partial charge in [-0.1, -0.05) is 12.5 Å². The molecule has 0 fully saturated rings. The molecule has 0 aliphatic heterocycles. The predicted octanol–water partition coefficient (Wildman–Crippen LogP) is 2.48. The number of hydrogen-bond acceptors (Lipinski definition) is 2. The van der Waals surface area contributed by atoms with Gasteiger partial charge in [-0.15, -0.1) is 0 Å². The fraction of sp³-hybridized carbons (Fsp3) is 0.636. The highest BCUT2D eigenvalue weighted by atomic mass is 15.1. The van der Waals surface area contributed by atoms with Crippen LogP contribution in [0.3, 0.4) is 0 Å². The van der Waals surface area contributed by atoms with Crippen LogP contribution in [0.5, 0.6) is 0 Å². The second kappa shape index (κ2) is 4.95. The zero-order valence-corrected chi connectivity index (χ0v) is 9.73. The lowest BCUT2D eigenvalue weighted by Crippen LogP contribution is -2.14. The number of allylic oxidation sites excluding steroid dienone is 3. The van der Waals surface area contributed by atoms with Gasteiger partial charge in [0, 0.05) is 25.5 Å². The topological polar surface area (TPSA) is 29.3 Å². The Morgan fingerprint density at radius 3 is 1.92 bits per heavy atom. The van der Waals surface area contributed by atoms with Gasteiger partial charge in [0.1, 0.15) is 0 Å². The minimum absolute atomic E-state index is 0.939. The fourth-order valence-electron chi connectivity index (χ4n) is 1.04. The molecule has 0 aliphatic rings. The number of hydrogen-bond donors (Lipinski definition) is 1. The summed E-state index contributed by atoms with van der Waals surface area (Å²) in [5, 5.41) is 0. The summed E-state index contributed by atoms with van der Waals surface area (Å²) in [5.74, 6) is 0. The van der Waals surface area contributed by atoms with E-state index < -0.39 is 0 Å². The van der Waals surface area contributed by atoms with E-state index >= 15 is 0 Å². The summed E-state index contributed by atoms with van der Waals surface area (Å²) in [6, 6.07) is 0. The van der Waals surface area contributed by atoms with E-state index in [9.17, 15) is 0 Å². The summed E-state index contributed by atoms with van der Waals surface area (Å²) < 4.78 is 0. The lowest BCUT2D eigenvalue weighted by molar-refractivity contribution is 0.507. The molecular formula is C11H22N2. The van der Waals surface area contributed by atoms with E-state index in [-0.39, 0.29) is 0 Å². The molecule has 0 rings (SSSR count). The second-order valence-electron chi connectivity index (χ2n) is 3.65. The SMILES string of the molecule is CC/C(C)=C(N)\C(C)=C(\C)N(C)C. The minimum atomic E-state index is 0.939. The largest absolute Gasteiger partial charge is 0.399 e. The first-order valence-electron chi connectivity index (χ1n) is 4.72. The van der Waals surface area contributed by atoms with Gasteiger partial charge < -0.3 is 10.6 Å². The minimum Gasteiger partial charge on any atom is -0.399 e. The van der Waals surface area contributed by atoms with Crippen LogP contribution < -0.4 is 5.73 Å². The highest BCUT2D eigenvalue weighted by Gasteiger charge is 2.03. The smallest absolute Gasteiger partial charge is 0.0350 e. The average Bonchev–Trinajstić information content (AvgIpc) is 2.12. The van der Waals surface area contributed by atoms with E-state index in [1.165, 1.54) is 16.8 Å². The van der Waals surface area contributed by atoms with Crippen molar-refractivity contribution in [1.82, 2.24) is 4.90 Å². The van der Waals surface area contributed by atoms with Crippen LogP contribution >= 0.6 is 0 Å². The second-order valence-corrected chi connectivity index (χ2v) is 3.65. The van der Waals surface area contributed by atoms with Crippen LogP contribution in [0.1, 0.15) is 34.1 Å². The maximum absolute atomic E-state index is 6.01. The highest BCUT2D eigenvalue weighted by Crippen LogP contribution is 2.16. The Balaban J connectivity index is 4.99. The normalized spacial score (nSPS) is 14.9. The Morgan fingerprint density at radius 2 is 1.62 bits per heavy atom. The zero-order valence-electron chi connectivity index (χ0n) is 9.73. The van der Waals surface area contributed by atoms with Crippen molar-refractivity contribution < 1.29 is 0 Å². The molecule has 0 aromatic heterocycles. The van der Waals surface area contributed by atoms with Crippen molar-refractivity contribution in [2.75, 3.05) is 14.1 Å². The molecule has 0 aromatic carbocycles. The van der Waals surface area contributed by atoms with Crippen molar-refractivity contribution in [3.05, 3.63) is 22.5 Å². The van der Waals surface area contributed by atoms with Crippen molar-refractivity contribution >= 4 is 0 Å². The summed E-state index contributed by atoms with van der Waals surface area (Å²) >= 11 is 0. The standard InChI is InChI=1S/C11H22N2/c1-7-8(2)11(12)9(3)10(4)13(5)6/h7,12H2,1-6H3/b10-9-,11-8+. The van der Waals surface area contributed by atoms with Gasteiger partial charge in [0.05, 0.1) is 0 Å². The molecule has 0 spiro atoms. The quantitative estimate of drug-likeness (QED) is 0.679. The fourth-order valence-corrected chi connectivity index (χ4v) is 1.04. The Morgan fingerprint density at radius 1 is 1.15 bits per heavy atom. The molecule has 0 amide bonds. The maximum Gasteiger partial charge on any atom is 0.0350 e. The third-order valence-electron chi connectivity index (χ3n) is 2.61. The Kier molecular flexibility index (Phi) is 4.60. The van der Waals surface area contributed by atoms with Crippen LogP contribution in [0.4, 0.5) is 0 Å². The lowest BCUT2D eigenvalue weighted by atomic mass is 10.1. The van der Waals surface area contributed by atoms with Crippen molar-refractivity contribution in [3.8, 4) is 0 Å². The van der Waals surface area contributed by atoms with Gasteiger partial charge in [-0.25, -0.2) is 0 Å². The van der Waals surface area contributed by atoms with Gasteiger partial charge in [-0.05, 0) is 32.8 Å². The molecule has 0 saturated carbocycles. The summed E-state index contributed by atoms with van der Waals surface area (Å²) in [7, 11) is 4.07. The van der Waals surface area contributed by atoms with E-state index in [1.807, 2.05) is 14.1 Å². The molecule has 2 N–H and O–H groups in total. The van der Waals surface area contributed by atoms with Crippen molar-refractivity contribution in [3.63, 3.8) is 0 Å². The highest BCUT2D eigenvalue weighted by molar-refractivity contribution is 5.33. The summed E-state index contributed by atoms with van der Waals surface area (Å²) in [4.78, 5) is 2.09. The van der Waals surface area contributed by atoms with Gasteiger partial charge in [0.25, 0.3) is 0 Å². The molecule has 0 bridgehead atoms. The number of nitrogens with two attached hydrogens (primary N) is 1. The molecule has 2 nitrogen and oxygen atoms in total. The average molecular weight is 182 g/mol. The molecule has 0 saturated heterocycles. The molecule has 2 heteroatoms. The van der Waals surface area contributed by atoms with Gasteiger partial charge in [0.2, 0.25) is 0 Å². The summed E-state index contributed by atoms with van der Waals surface area (Å²) in [6.07, 6.45) is 1.02.